The van der Waals surface area contributed by atoms with Gasteiger partial charge < -0.3 is 13.9 Å². The fourth-order valence-electron chi connectivity index (χ4n) is 3.00. The first-order chi connectivity index (χ1) is 14.7. The van der Waals surface area contributed by atoms with Crippen molar-refractivity contribution in [3.63, 3.8) is 0 Å². The van der Waals surface area contributed by atoms with E-state index in [-0.39, 0.29) is 11.6 Å². The van der Waals surface area contributed by atoms with Crippen molar-refractivity contribution >= 4 is 11.8 Å². The van der Waals surface area contributed by atoms with Crippen LogP contribution in [-0.2, 0) is 12.3 Å². The Morgan fingerprint density at radius 3 is 2.53 bits per heavy atom. The van der Waals surface area contributed by atoms with Gasteiger partial charge in [-0.25, -0.2) is 4.39 Å². The van der Waals surface area contributed by atoms with Crippen LogP contribution in [0, 0.1) is 5.82 Å². The average molecular weight is 425 g/mol. The highest BCUT2D eigenvalue weighted by molar-refractivity contribution is 7.98. The van der Waals surface area contributed by atoms with Gasteiger partial charge in [-0.3, -0.25) is 4.57 Å². The molecule has 30 heavy (non-hydrogen) atoms. The van der Waals surface area contributed by atoms with E-state index in [1.165, 1.54) is 24.9 Å². The van der Waals surface area contributed by atoms with Crippen molar-refractivity contribution in [3.8, 4) is 22.9 Å². The molecule has 0 unspecified atom stereocenters. The molecule has 0 aliphatic carbocycles. The predicted molar refractivity (Wildman–Crippen MR) is 112 cm³/mol. The van der Waals surface area contributed by atoms with Crippen molar-refractivity contribution in [2.45, 2.75) is 17.5 Å². The second-order valence-corrected chi connectivity index (χ2v) is 7.40. The number of nitrogens with zero attached hydrogens (tertiary/aromatic N) is 3. The summed E-state index contributed by atoms with van der Waals surface area (Å²) in [6.07, 6.45) is 1.64. The molecule has 8 heteroatoms. The standard InChI is InChI=1S/C22H20FN3O3S/c1-27-17-8-6-16(7-9-17)21-24-25-22(26(21)13-18-4-3-11-29-18)30-14-15-5-10-20(28-2)19(23)12-15/h3-12H,13-14H2,1-2H3. The molecule has 2 heterocycles. The third kappa shape index (κ3) is 4.33. The highest BCUT2D eigenvalue weighted by Gasteiger charge is 2.16. The summed E-state index contributed by atoms with van der Waals surface area (Å²) in [6, 6.07) is 16.3. The Morgan fingerprint density at radius 2 is 1.87 bits per heavy atom. The predicted octanol–water partition coefficient (Wildman–Crippen LogP) is 5.04. The van der Waals surface area contributed by atoms with Gasteiger partial charge in [0.25, 0.3) is 0 Å². The summed E-state index contributed by atoms with van der Waals surface area (Å²) in [7, 11) is 3.08. The minimum atomic E-state index is -0.383. The normalized spacial score (nSPS) is 10.9. The topological polar surface area (TPSA) is 62.3 Å². The molecule has 0 amide bonds. The van der Waals surface area contributed by atoms with E-state index in [0.717, 1.165) is 28.5 Å². The summed E-state index contributed by atoms with van der Waals surface area (Å²) >= 11 is 1.48. The maximum atomic E-state index is 14.0. The number of ether oxygens (including phenoxy) is 2. The summed E-state index contributed by atoms with van der Waals surface area (Å²) in [4.78, 5) is 0. The van der Waals surface area contributed by atoms with Crippen LogP contribution >= 0.6 is 11.8 Å². The van der Waals surface area contributed by atoms with E-state index in [4.69, 9.17) is 13.9 Å². The Hall–Kier alpha value is -3.26. The molecule has 0 radical (unpaired) electrons. The van der Waals surface area contributed by atoms with E-state index < -0.39 is 0 Å². The van der Waals surface area contributed by atoms with Gasteiger partial charge in [-0.2, -0.15) is 0 Å². The number of furan rings is 1. The highest BCUT2D eigenvalue weighted by Crippen LogP contribution is 2.29. The first-order valence-corrected chi connectivity index (χ1v) is 10.2. The van der Waals surface area contributed by atoms with Gasteiger partial charge in [-0.15, -0.1) is 10.2 Å². The second kappa shape index (κ2) is 9.04. The fourth-order valence-corrected chi connectivity index (χ4v) is 3.88. The number of benzene rings is 2. The number of rotatable bonds is 8. The maximum Gasteiger partial charge on any atom is 0.192 e. The van der Waals surface area contributed by atoms with Crippen molar-refractivity contribution in [1.29, 1.82) is 0 Å². The molecule has 0 fully saturated rings. The summed E-state index contributed by atoms with van der Waals surface area (Å²) in [6.45, 7) is 0.487. The van der Waals surface area contributed by atoms with Crippen LogP contribution in [0.5, 0.6) is 11.5 Å². The van der Waals surface area contributed by atoms with E-state index in [9.17, 15) is 4.39 Å². The van der Waals surface area contributed by atoms with Crippen LogP contribution in [0.15, 0.2) is 70.4 Å². The second-order valence-electron chi connectivity index (χ2n) is 6.46. The van der Waals surface area contributed by atoms with Gasteiger partial charge in [-0.05, 0) is 54.1 Å². The van der Waals surface area contributed by atoms with Crippen LogP contribution in [0.1, 0.15) is 11.3 Å². The van der Waals surface area contributed by atoms with Crippen LogP contribution in [0.3, 0.4) is 0 Å². The highest BCUT2D eigenvalue weighted by atomic mass is 32.2. The van der Waals surface area contributed by atoms with Gasteiger partial charge >= 0.3 is 0 Å². The molecule has 0 aliphatic rings. The molecule has 0 atom stereocenters. The molecule has 0 bridgehead atoms. The van der Waals surface area contributed by atoms with Crippen LogP contribution in [0.4, 0.5) is 4.39 Å². The maximum absolute atomic E-state index is 14.0. The Morgan fingerprint density at radius 1 is 1.03 bits per heavy atom. The number of methoxy groups -OCH3 is 2. The van der Waals surface area contributed by atoms with Gasteiger partial charge in [0.2, 0.25) is 0 Å². The molecular formula is C22H20FN3O3S. The summed E-state index contributed by atoms with van der Waals surface area (Å²) in [5.74, 6) is 2.67. The Labute approximate surface area is 177 Å². The van der Waals surface area contributed by atoms with Crippen LogP contribution in [0.25, 0.3) is 11.4 Å². The molecule has 0 saturated carbocycles. The third-order valence-electron chi connectivity index (χ3n) is 4.54. The molecule has 154 valence electrons. The molecule has 6 nitrogen and oxygen atoms in total. The van der Waals surface area contributed by atoms with Crippen LogP contribution in [0.2, 0.25) is 0 Å². The number of hydrogen-bond acceptors (Lipinski definition) is 6. The van der Waals surface area contributed by atoms with E-state index in [1.807, 2.05) is 47.0 Å². The van der Waals surface area contributed by atoms with Gasteiger partial charge in [-0.1, -0.05) is 17.8 Å². The lowest BCUT2D eigenvalue weighted by Crippen LogP contribution is -2.03. The zero-order valence-corrected chi connectivity index (χ0v) is 17.4. The van der Waals surface area contributed by atoms with Gasteiger partial charge in [0.1, 0.15) is 11.5 Å². The Bertz CT molecular complexity index is 1110. The molecule has 0 saturated heterocycles. The van der Waals surface area contributed by atoms with Gasteiger partial charge in [0.05, 0.1) is 27.0 Å². The summed E-state index contributed by atoms with van der Waals surface area (Å²) in [5.41, 5.74) is 1.74. The van der Waals surface area contributed by atoms with Gasteiger partial charge in [0.15, 0.2) is 22.5 Å². The number of thioether (sulfide) groups is 1. The molecule has 2 aromatic heterocycles. The fraction of sp³-hybridized carbons (Fsp3) is 0.182. The van der Waals surface area contributed by atoms with E-state index in [1.54, 1.807) is 19.4 Å². The largest absolute Gasteiger partial charge is 0.497 e. The van der Waals surface area contributed by atoms with Crippen molar-refractivity contribution in [2.24, 2.45) is 0 Å². The van der Waals surface area contributed by atoms with E-state index in [2.05, 4.69) is 10.2 Å². The lowest BCUT2D eigenvalue weighted by molar-refractivity contribution is 0.386. The molecule has 4 aromatic rings. The lowest BCUT2D eigenvalue weighted by atomic mass is 10.2. The van der Waals surface area contributed by atoms with Crippen molar-refractivity contribution in [1.82, 2.24) is 14.8 Å². The Balaban J connectivity index is 1.61. The van der Waals surface area contributed by atoms with Crippen molar-refractivity contribution in [2.75, 3.05) is 14.2 Å². The Kier molecular flexibility index (Phi) is 6.04. The SMILES string of the molecule is COc1ccc(-c2nnc(SCc3ccc(OC)c(F)c3)n2Cc2ccco2)cc1. The van der Waals surface area contributed by atoms with Crippen LogP contribution in [-0.4, -0.2) is 29.0 Å². The summed E-state index contributed by atoms with van der Waals surface area (Å²) < 4.78 is 31.7. The molecular weight excluding hydrogens is 405 g/mol. The smallest absolute Gasteiger partial charge is 0.192 e. The molecule has 0 N–H and O–H groups in total. The number of hydrogen-bond donors (Lipinski definition) is 0. The summed E-state index contributed by atoms with van der Waals surface area (Å²) in [5, 5.41) is 9.48. The molecule has 0 spiro atoms. The third-order valence-corrected chi connectivity index (χ3v) is 5.58. The molecule has 0 aliphatic heterocycles. The first-order valence-electron chi connectivity index (χ1n) is 9.23. The molecule has 2 aromatic carbocycles. The zero-order chi connectivity index (χ0) is 20.9. The number of aromatic nitrogens is 3. The molecule has 4 rings (SSSR count). The van der Waals surface area contributed by atoms with E-state index >= 15 is 0 Å². The lowest BCUT2D eigenvalue weighted by Gasteiger charge is -2.10. The van der Waals surface area contributed by atoms with E-state index in [0.29, 0.717) is 17.5 Å². The minimum Gasteiger partial charge on any atom is -0.497 e. The average Bonchev–Trinajstić information content (AvgIpc) is 3.43. The minimum absolute atomic E-state index is 0.228. The van der Waals surface area contributed by atoms with Crippen molar-refractivity contribution in [3.05, 3.63) is 78.0 Å². The first kappa shape index (κ1) is 20.0. The van der Waals surface area contributed by atoms with Gasteiger partial charge in [0, 0.05) is 11.3 Å². The monoisotopic (exact) mass is 425 g/mol. The zero-order valence-electron chi connectivity index (χ0n) is 16.5. The quantitative estimate of drug-likeness (QED) is 0.369. The van der Waals surface area contributed by atoms with Crippen molar-refractivity contribution < 1.29 is 18.3 Å². The van der Waals surface area contributed by atoms with Crippen LogP contribution < -0.4 is 9.47 Å². The number of halogens is 1.